The molecule has 0 radical (unpaired) electrons. The smallest absolute Gasteiger partial charge is 0.306 e. The molecule has 0 fully saturated rings. The second-order valence-electron chi connectivity index (χ2n) is 17.2. The number of unbranched alkanes of at least 4 members (excludes halogenated alkanes) is 33. The SMILES string of the molecule is CCCCCCCCCCCCCCCCC(CC(=O)NC(CO)C(O)CCCCCCCCCCCCCC)OC(=O)CCCCCCCCCCCC. The van der Waals surface area contributed by atoms with E-state index in [1.54, 1.807) is 0 Å². The zero-order valence-corrected chi connectivity index (χ0v) is 37.3. The van der Waals surface area contributed by atoms with Crippen molar-refractivity contribution in [3.63, 3.8) is 0 Å². The molecule has 0 heterocycles. The van der Waals surface area contributed by atoms with Crippen LogP contribution in [0.15, 0.2) is 0 Å². The summed E-state index contributed by atoms with van der Waals surface area (Å²) in [7, 11) is 0. The Labute approximate surface area is 343 Å². The number of ether oxygens (including phenoxy) is 1. The van der Waals surface area contributed by atoms with Crippen LogP contribution in [0.25, 0.3) is 0 Å². The lowest BCUT2D eigenvalue weighted by molar-refractivity contribution is -0.151. The number of rotatable bonds is 45. The van der Waals surface area contributed by atoms with E-state index in [1.165, 1.54) is 186 Å². The van der Waals surface area contributed by atoms with Crippen LogP contribution in [0.2, 0.25) is 0 Å². The molecule has 6 heteroatoms. The number of nitrogens with one attached hydrogen (secondary N) is 1. The van der Waals surface area contributed by atoms with Crippen molar-refractivity contribution in [2.24, 2.45) is 0 Å². The van der Waals surface area contributed by atoms with Gasteiger partial charge in [-0.15, -0.1) is 0 Å². The average Bonchev–Trinajstić information content (AvgIpc) is 3.18. The Kier molecular flexibility index (Phi) is 43.1. The Balaban J connectivity index is 4.52. The van der Waals surface area contributed by atoms with Gasteiger partial charge in [0.05, 0.1) is 25.2 Å². The van der Waals surface area contributed by atoms with Crippen LogP contribution >= 0.6 is 0 Å². The van der Waals surface area contributed by atoms with Crippen LogP contribution in [0.3, 0.4) is 0 Å². The minimum absolute atomic E-state index is 0.0873. The number of hydrogen-bond donors (Lipinski definition) is 3. The number of aliphatic hydroxyl groups is 2. The standard InChI is InChI=1S/C49H97NO5/c1-4-7-10-13-16-19-22-24-25-26-28-31-34-37-40-45(55-49(54)42-39-36-33-30-21-18-15-12-9-6-3)43-48(53)50-46(44-51)47(52)41-38-35-32-29-27-23-20-17-14-11-8-5-2/h45-47,51-52H,4-44H2,1-3H3,(H,50,53). The number of hydrogen-bond acceptors (Lipinski definition) is 5. The monoisotopic (exact) mass is 780 g/mol. The molecule has 0 aliphatic carbocycles. The predicted molar refractivity (Wildman–Crippen MR) is 237 cm³/mol. The van der Waals surface area contributed by atoms with Crippen LogP contribution in [0, 0.1) is 0 Å². The van der Waals surface area contributed by atoms with Gasteiger partial charge in [-0.05, 0) is 25.7 Å². The van der Waals surface area contributed by atoms with Crippen molar-refractivity contribution >= 4 is 11.9 Å². The minimum atomic E-state index is -0.778. The summed E-state index contributed by atoms with van der Waals surface area (Å²) in [6, 6.07) is -0.690. The third-order valence-corrected chi connectivity index (χ3v) is 11.7. The molecule has 0 aromatic heterocycles. The number of carbonyl (C=O) groups excluding carboxylic acids is 2. The van der Waals surface area contributed by atoms with Crippen molar-refractivity contribution in [3.8, 4) is 0 Å². The largest absolute Gasteiger partial charge is 0.462 e. The third kappa shape index (κ3) is 39.5. The molecule has 1 amide bonds. The fraction of sp³-hybridized carbons (Fsp3) is 0.959. The summed E-state index contributed by atoms with van der Waals surface area (Å²) in [6.45, 7) is 6.49. The summed E-state index contributed by atoms with van der Waals surface area (Å²) >= 11 is 0. The van der Waals surface area contributed by atoms with Crippen molar-refractivity contribution in [1.29, 1.82) is 0 Å². The van der Waals surface area contributed by atoms with Crippen molar-refractivity contribution in [2.45, 2.75) is 296 Å². The fourth-order valence-corrected chi connectivity index (χ4v) is 7.90. The van der Waals surface area contributed by atoms with Gasteiger partial charge in [0.1, 0.15) is 6.10 Å². The second kappa shape index (κ2) is 44.0. The molecule has 0 aromatic rings. The zero-order valence-electron chi connectivity index (χ0n) is 37.3. The molecule has 0 spiro atoms. The van der Waals surface area contributed by atoms with E-state index in [2.05, 4.69) is 26.1 Å². The molecule has 3 N–H and O–H groups in total. The van der Waals surface area contributed by atoms with Gasteiger partial charge in [-0.1, -0.05) is 239 Å². The molecule has 0 saturated heterocycles. The Morgan fingerprint density at radius 3 is 1.11 bits per heavy atom. The first kappa shape index (κ1) is 53.9. The summed E-state index contributed by atoms with van der Waals surface area (Å²) in [5.74, 6) is -0.455. The van der Waals surface area contributed by atoms with Crippen LogP contribution in [0.4, 0.5) is 0 Å². The second-order valence-corrected chi connectivity index (χ2v) is 17.2. The average molecular weight is 780 g/mol. The Morgan fingerprint density at radius 1 is 0.455 bits per heavy atom. The van der Waals surface area contributed by atoms with E-state index in [1.807, 2.05) is 0 Å². The number of aliphatic hydroxyl groups excluding tert-OH is 2. The lowest BCUT2D eigenvalue weighted by atomic mass is 10.0. The third-order valence-electron chi connectivity index (χ3n) is 11.7. The van der Waals surface area contributed by atoms with Gasteiger partial charge < -0.3 is 20.3 Å². The molecular weight excluding hydrogens is 683 g/mol. The summed E-state index contributed by atoms with van der Waals surface area (Å²) in [5, 5.41) is 23.7. The number of esters is 1. The first-order valence-electron chi connectivity index (χ1n) is 24.8. The van der Waals surface area contributed by atoms with Crippen LogP contribution < -0.4 is 5.32 Å². The van der Waals surface area contributed by atoms with Crippen LogP contribution in [0.5, 0.6) is 0 Å². The van der Waals surface area contributed by atoms with E-state index in [4.69, 9.17) is 4.74 Å². The molecular formula is C49H97NO5. The van der Waals surface area contributed by atoms with Gasteiger partial charge in [-0.2, -0.15) is 0 Å². The molecule has 0 aliphatic heterocycles. The highest BCUT2D eigenvalue weighted by atomic mass is 16.5. The van der Waals surface area contributed by atoms with Crippen molar-refractivity contribution in [1.82, 2.24) is 5.32 Å². The lowest BCUT2D eigenvalue weighted by Crippen LogP contribution is -2.46. The summed E-state index contributed by atoms with van der Waals surface area (Å²) < 4.78 is 5.92. The van der Waals surface area contributed by atoms with E-state index >= 15 is 0 Å². The normalized spacial score (nSPS) is 13.2. The molecule has 0 saturated carbocycles. The number of carbonyl (C=O) groups is 2. The van der Waals surface area contributed by atoms with Crippen molar-refractivity contribution in [2.75, 3.05) is 6.61 Å². The first-order chi connectivity index (χ1) is 27.0. The number of amides is 1. The fourth-order valence-electron chi connectivity index (χ4n) is 7.90. The van der Waals surface area contributed by atoms with Crippen LogP contribution in [-0.2, 0) is 14.3 Å². The van der Waals surface area contributed by atoms with E-state index < -0.39 is 18.2 Å². The van der Waals surface area contributed by atoms with Crippen LogP contribution in [-0.4, -0.2) is 46.9 Å². The topological polar surface area (TPSA) is 95.9 Å². The Bertz CT molecular complexity index is 791. The highest BCUT2D eigenvalue weighted by molar-refractivity contribution is 5.77. The quantitative estimate of drug-likeness (QED) is 0.0422. The summed E-state index contributed by atoms with van der Waals surface area (Å²) in [6.07, 6.45) is 45.9. The maximum Gasteiger partial charge on any atom is 0.306 e. The molecule has 0 rings (SSSR count). The molecule has 0 bridgehead atoms. The van der Waals surface area contributed by atoms with Gasteiger partial charge >= 0.3 is 5.97 Å². The van der Waals surface area contributed by atoms with E-state index in [0.29, 0.717) is 19.3 Å². The zero-order chi connectivity index (χ0) is 40.3. The lowest BCUT2D eigenvalue weighted by Gasteiger charge is -2.24. The molecule has 0 aromatic carbocycles. The van der Waals surface area contributed by atoms with Gasteiger partial charge in [0.2, 0.25) is 5.91 Å². The molecule has 6 nitrogen and oxygen atoms in total. The Hall–Kier alpha value is -1.14. The minimum Gasteiger partial charge on any atom is -0.462 e. The molecule has 0 aliphatic rings. The first-order valence-corrected chi connectivity index (χ1v) is 24.8. The van der Waals surface area contributed by atoms with E-state index in [9.17, 15) is 19.8 Å². The van der Waals surface area contributed by atoms with Gasteiger partial charge in [-0.25, -0.2) is 0 Å². The highest BCUT2D eigenvalue weighted by Gasteiger charge is 2.24. The summed E-state index contributed by atoms with van der Waals surface area (Å²) in [4.78, 5) is 26.0. The van der Waals surface area contributed by atoms with Gasteiger partial charge in [0.15, 0.2) is 0 Å². The van der Waals surface area contributed by atoms with Gasteiger partial charge in [0, 0.05) is 6.42 Å². The Morgan fingerprint density at radius 2 is 0.764 bits per heavy atom. The van der Waals surface area contributed by atoms with Crippen molar-refractivity contribution < 1.29 is 24.5 Å². The summed E-state index contributed by atoms with van der Waals surface area (Å²) in [5.41, 5.74) is 0. The predicted octanol–water partition coefficient (Wildman–Crippen LogP) is 14.4. The molecule has 328 valence electrons. The maximum absolute atomic E-state index is 13.2. The highest BCUT2D eigenvalue weighted by Crippen LogP contribution is 2.18. The molecule has 55 heavy (non-hydrogen) atoms. The van der Waals surface area contributed by atoms with Crippen LogP contribution in [0.1, 0.15) is 278 Å². The van der Waals surface area contributed by atoms with E-state index in [0.717, 1.165) is 44.9 Å². The van der Waals surface area contributed by atoms with E-state index in [-0.39, 0.29) is 24.9 Å². The van der Waals surface area contributed by atoms with Crippen molar-refractivity contribution in [3.05, 3.63) is 0 Å². The van der Waals surface area contributed by atoms with Gasteiger partial charge in [0.25, 0.3) is 0 Å². The molecule has 3 unspecified atom stereocenters. The molecule has 3 atom stereocenters. The van der Waals surface area contributed by atoms with Gasteiger partial charge in [-0.3, -0.25) is 9.59 Å². The maximum atomic E-state index is 13.2.